The minimum absolute atomic E-state index is 0.0730. The molecule has 0 spiro atoms. The summed E-state index contributed by atoms with van der Waals surface area (Å²) >= 11 is 0. The number of rotatable bonds is 5. The number of methoxy groups -OCH3 is 4. The molecule has 0 N–H and O–H groups in total. The molecule has 5 heterocycles. The van der Waals surface area contributed by atoms with E-state index >= 15 is 0 Å². The lowest BCUT2D eigenvalue weighted by Gasteiger charge is -2.48. The summed E-state index contributed by atoms with van der Waals surface area (Å²) in [7, 11) is 8.79. The van der Waals surface area contributed by atoms with Crippen LogP contribution >= 0.6 is 0 Å². The van der Waals surface area contributed by atoms with Crippen molar-refractivity contribution in [1.82, 2.24) is 9.91 Å². The highest BCUT2D eigenvalue weighted by Gasteiger charge is 2.44. The number of anilines is 1. The zero-order valence-corrected chi connectivity index (χ0v) is 33.0. The number of likely N-dealkylation sites (N-methyl/N-ethyl adjacent to an activating group) is 1. The predicted molar refractivity (Wildman–Crippen MR) is 214 cm³/mol. The third-order valence-corrected chi connectivity index (χ3v) is 12.2. The van der Waals surface area contributed by atoms with Crippen LogP contribution in [0.1, 0.15) is 74.2 Å². The molecule has 0 aliphatic carbocycles. The third kappa shape index (κ3) is 5.73. The largest absolute Gasteiger partial charge is 0.493 e. The molecule has 7 bridgehead atoms. The van der Waals surface area contributed by atoms with E-state index in [1.54, 1.807) is 28.4 Å². The summed E-state index contributed by atoms with van der Waals surface area (Å²) in [6.45, 7) is 5.73. The Morgan fingerprint density at radius 2 is 1.45 bits per heavy atom. The van der Waals surface area contributed by atoms with Gasteiger partial charge in [0.05, 0.1) is 40.2 Å². The SMILES string of the molecule is COc1cc2c3cc1Oc1ccc(cc1)[C@H](C)[C@H]1c4cc(c(OC)cc4CCN1C)Oc1c(OC)c(OC)cc4c1[C@H](C3)N(CC4)N2C(=O)c1ccccc1C. The summed E-state index contributed by atoms with van der Waals surface area (Å²) in [6.07, 6.45) is 2.08. The van der Waals surface area contributed by atoms with Gasteiger partial charge < -0.3 is 28.4 Å². The van der Waals surface area contributed by atoms with Crippen molar-refractivity contribution in [1.29, 1.82) is 0 Å². The number of nitrogens with zero attached hydrogens (tertiary/aromatic N) is 3. The van der Waals surface area contributed by atoms with Crippen molar-refractivity contribution in [3.05, 3.63) is 123 Å². The lowest BCUT2D eigenvalue weighted by molar-refractivity contribution is 0.0795. The van der Waals surface area contributed by atoms with Gasteiger partial charge in [-0.15, -0.1) is 0 Å². The van der Waals surface area contributed by atoms with Crippen molar-refractivity contribution in [2.24, 2.45) is 0 Å². The Morgan fingerprint density at radius 3 is 2.18 bits per heavy atom. The van der Waals surface area contributed by atoms with Crippen molar-refractivity contribution in [2.45, 2.75) is 51.1 Å². The van der Waals surface area contributed by atoms with Gasteiger partial charge in [-0.2, -0.15) is 0 Å². The Balaban J connectivity index is 1.32. The Hall–Kier alpha value is -5.71. The van der Waals surface area contributed by atoms with Crippen LogP contribution in [0.5, 0.6) is 46.0 Å². The molecule has 10 nitrogen and oxygen atoms in total. The first kappa shape index (κ1) is 36.0. The van der Waals surface area contributed by atoms with Crippen molar-refractivity contribution in [3.63, 3.8) is 0 Å². The summed E-state index contributed by atoms with van der Waals surface area (Å²) in [5.74, 6) is 4.64. The monoisotopic (exact) mass is 753 g/mol. The molecule has 0 unspecified atom stereocenters. The minimum Gasteiger partial charge on any atom is -0.493 e. The van der Waals surface area contributed by atoms with Crippen molar-refractivity contribution in [2.75, 3.05) is 53.6 Å². The number of ether oxygens (including phenoxy) is 6. The van der Waals surface area contributed by atoms with Crippen LogP contribution in [0.3, 0.4) is 0 Å². The average molecular weight is 754 g/mol. The van der Waals surface area contributed by atoms with Crippen LogP contribution in [-0.2, 0) is 19.3 Å². The van der Waals surface area contributed by atoms with Gasteiger partial charge in [0, 0.05) is 42.2 Å². The fourth-order valence-corrected chi connectivity index (χ4v) is 9.31. The number of fused-ring (bicyclic) bond motifs is 2. The lowest BCUT2D eigenvalue weighted by Crippen LogP contribution is -2.54. The molecule has 288 valence electrons. The van der Waals surface area contributed by atoms with E-state index in [9.17, 15) is 4.79 Å². The molecule has 5 aromatic rings. The number of carbonyl (C=O) groups is 1. The van der Waals surface area contributed by atoms with Crippen LogP contribution in [0.25, 0.3) is 0 Å². The topological polar surface area (TPSA) is 82.2 Å². The molecule has 56 heavy (non-hydrogen) atoms. The molecule has 0 saturated carbocycles. The number of amides is 1. The van der Waals surface area contributed by atoms with E-state index < -0.39 is 0 Å². The van der Waals surface area contributed by atoms with E-state index in [-0.39, 0.29) is 23.9 Å². The van der Waals surface area contributed by atoms with Crippen molar-refractivity contribution in [3.8, 4) is 46.0 Å². The maximum Gasteiger partial charge on any atom is 0.273 e. The van der Waals surface area contributed by atoms with Crippen LogP contribution in [0.4, 0.5) is 5.69 Å². The van der Waals surface area contributed by atoms with Crippen LogP contribution < -0.4 is 33.4 Å². The zero-order valence-electron chi connectivity index (χ0n) is 33.0. The molecule has 0 fully saturated rings. The van der Waals surface area contributed by atoms with E-state index in [0.717, 1.165) is 40.9 Å². The Kier molecular flexibility index (Phi) is 9.05. The number of hydrogen-bond donors (Lipinski definition) is 0. The van der Waals surface area contributed by atoms with E-state index in [1.165, 1.54) is 16.7 Å². The molecular weight excluding hydrogens is 707 g/mol. The van der Waals surface area contributed by atoms with Gasteiger partial charge >= 0.3 is 0 Å². The third-order valence-electron chi connectivity index (χ3n) is 12.2. The number of hydrazine groups is 1. The molecule has 5 aliphatic rings. The van der Waals surface area contributed by atoms with Gasteiger partial charge in [-0.3, -0.25) is 9.69 Å². The molecule has 3 atom stereocenters. The summed E-state index contributed by atoms with van der Waals surface area (Å²) in [5.41, 5.74) is 8.80. The minimum atomic E-state index is -0.323. The first-order valence-electron chi connectivity index (χ1n) is 19.2. The molecule has 5 aliphatic heterocycles. The fourth-order valence-electron chi connectivity index (χ4n) is 9.31. The molecule has 0 aromatic heterocycles. The normalized spacial score (nSPS) is 19.7. The average Bonchev–Trinajstić information content (AvgIpc) is 3.21. The molecule has 0 saturated heterocycles. The summed E-state index contributed by atoms with van der Waals surface area (Å²) in [5, 5.41) is 4.00. The molecule has 1 amide bonds. The summed E-state index contributed by atoms with van der Waals surface area (Å²) in [6, 6.07) is 26.1. The van der Waals surface area contributed by atoms with Gasteiger partial charge in [0.15, 0.2) is 34.5 Å². The Morgan fingerprint density at radius 1 is 0.750 bits per heavy atom. The van der Waals surface area contributed by atoms with E-state index in [0.29, 0.717) is 70.9 Å². The first-order valence-corrected chi connectivity index (χ1v) is 19.2. The fraction of sp³-hybridized carbons (Fsp3) is 0.326. The highest BCUT2D eigenvalue weighted by Crippen LogP contribution is 2.55. The first-order chi connectivity index (χ1) is 27.2. The number of aryl methyl sites for hydroxylation is 1. The summed E-state index contributed by atoms with van der Waals surface area (Å²) in [4.78, 5) is 17.4. The second kappa shape index (κ2) is 14.1. The molecule has 10 heteroatoms. The molecule has 0 radical (unpaired) electrons. The van der Waals surface area contributed by atoms with Crippen LogP contribution in [0.15, 0.2) is 78.9 Å². The van der Waals surface area contributed by atoms with E-state index in [4.69, 9.17) is 28.4 Å². The molecule has 10 rings (SSSR count). The summed E-state index contributed by atoms with van der Waals surface area (Å²) < 4.78 is 38.0. The van der Waals surface area contributed by atoms with Gasteiger partial charge in [-0.05, 0) is 109 Å². The van der Waals surface area contributed by atoms with Gasteiger partial charge in [-0.25, -0.2) is 10.0 Å². The van der Waals surface area contributed by atoms with E-state index in [2.05, 4.69) is 54.2 Å². The van der Waals surface area contributed by atoms with Crippen LogP contribution in [0, 0.1) is 6.92 Å². The van der Waals surface area contributed by atoms with Crippen molar-refractivity contribution < 1.29 is 33.2 Å². The van der Waals surface area contributed by atoms with Gasteiger partial charge in [-0.1, -0.05) is 37.3 Å². The maximum absolute atomic E-state index is 14.9. The van der Waals surface area contributed by atoms with Crippen LogP contribution in [-0.4, -0.2) is 64.4 Å². The van der Waals surface area contributed by atoms with Crippen LogP contribution in [0.2, 0.25) is 0 Å². The van der Waals surface area contributed by atoms with E-state index in [1.807, 2.05) is 60.5 Å². The Labute approximate surface area is 328 Å². The second-order valence-corrected chi connectivity index (χ2v) is 15.1. The standard InChI is InChI=1S/C46H47N3O7/c1-26-10-8-9-11-33(26)46(50)49-35-25-38(52-5)39-23-31(35)20-36-42-30(17-19-48(36)49)22-41(53-6)44(54-7)45(42)56-40-24-34-29(21-37(40)51-4)16-18-47(3)43(34)27(2)28-12-14-32(55-39)15-13-28/h8-15,21-25,27,36,43H,16-20H2,1-7H3/t27-,36-,43-/m0/s1. The quantitative estimate of drug-likeness (QED) is 0.175. The number of carbonyl (C=O) groups excluding carboxylic acids is 1. The number of hydrogen-bond acceptors (Lipinski definition) is 9. The number of benzene rings is 5. The highest BCUT2D eigenvalue weighted by molar-refractivity contribution is 6.07. The highest BCUT2D eigenvalue weighted by atomic mass is 16.5. The van der Waals surface area contributed by atoms with Gasteiger partial charge in [0.1, 0.15) is 5.75 Å². The molecular formula is C46H47N3O7. The smallest absolute Gasteiger partial charge is 0.273 e. The Bertz CT molecular complexity index is 2360. The second-order valence-electron chi connectivity index (χ2n) is 15.1. The van der Waals surface area contributed by atoms with Gasteiger partial charge in [0.2, 0.25) is 5.75 Å². The predicted octanol–water partition coefficient (Wildman–Crippen LogP) is 8.98. The van der Waals surface area contributed by atoms with Gasteiger partial charge in [0.25, 0.3) is 5.91 Å². The molecule has 5 aromatic carbocycles. The lowest BCUT2D eigenvalue weighted by atomic mass is 9.82. The zero-order chi connectivity index (χ0) is 38.8. The maximum atomic E-state index is 14.9. The van der Waals surface area contributed by atoms with Crippen molar-refractivity contribution >= 4 is 11.6 Å².